The van der Waals surface area contributed by atoms with E-state index in [0.29, 0.717) is 0 Å². The highest BCUT2D eigenvalue weighted by Gasteiger charge is 2.36. The molecule has 0 spiro atoms. The number of carboxylic acids is 1. The largest absolute Gasteiger partial charge is 0.481 e. The summed E-state index contributed by atoms with van der Waals surface area (Å²) in [6.45, 7) is -0.0816. The zero-order chi connectivity index (χ0) is 13.4. The molecule has 1 heterocycles. The highest BCUT2D eigenvalue weighted by atomic mass is 35.5. The van der Waals surface area contributed by atoms with Crippen molar-refractivity contribution in [2.45, 2.75) is 6.42 Å². The molecular formula is C11H8Cl2FNO3. The Labute approximate surface area is 112 Å². The third kappa shape index (κ3) is 2.28. The van der Waals surface area contributed by atoms with Gasteiger partial charge in [-0.3, -0.25) is 9.59 Å². The van der Waals surface area contributed by atoms with Crippen LogP contribution >= 0.6 is 23.2 Å². The molecule has 1 aliphatic rings. The standard InChI is InChI=1S/C11H8Cl2FNO3/c12-6-2-7(13)10(14)8(3-6)15-4-5(11(17)18)1-9(15)16/h2-3,5H,1,4H2,(H,17,18). The van der Waals surface area contributed by atoms with Crippen molar-refractivity contribution in [1.82, 2.24) is 0 Å². The van der Waals surface area contributed by atoms with Gasteiger partial charge in [-0.15, -0.1) is 0 Å². The van der Waals surface area contributed by atoms with E-state index in [1.54, 1.807) is 0 Å². The Morgan fingerprint density at radius 3 is 2.67 bits per heavy atom. The van der Waals surface area contributed by atoms with Gasteiger partial charge in [0.25, 0.3) is 0 Å². The van der Waals surface area contributed by atoms with Crippen molar-refractivity contribution in [2.75, 3.05) is 11.4 Å². The van der Waals surface area contributed by atoms with E-state index >= 15 is 0 Å². The Balaban J connectivity index is 2.38. The van der Waals surface area contributed by atoms with Crippen LogP contribution in [0.2, 0.25) is 10.0 Å². The molecule has 1 aliphatic heterocycles. The second kappa shape index (κ2) is 4.74. The number of hydrogen-bond acceptors (Lipinski definition) is 2. The number of nitrogens with zero attached hydrogens (tertiary/aromatic N) is 1. The van der Waals surface area contributed by atoms with Crippen LogP contribution < -0.4 is 4.90 Å². The molecule has 1 aromatic rings. The first-order chi connectivity index (χ1) is 8.40. The van der Waals surface area contributed by atoms with Gasteiger partial charge in [-0.1, -0.05) is 23.2 Å². The maximum atomic E-state index is 13.8. The average molecular weight is 292 g/mol. The predicted octanol–water partition coefficient (Wildman–Crippen LogP) is 2.57. The van der Waals surface area contributed by atoms with Gasteiger partial charge in [-0.25, -0.2) is 4.39 Å². The fourth-order valence-electron chi connectivity index (χ4n) is 1.84. The fourth-order valence-corrected chi connectivity index (χ4v) is 2.33. The molecule has 1 aromatic carbocycles. The number of carbonyl (C=O) groups excluding carboxylic acids is 1. The summed E-state index contributed by atoms with van der Waals surface area (Å²) in [5.41, 5.74) is -0.0822. The normalized spacial score (nSPS) is 19.4. The summed E-state index contributed by atoms with van der Waals surface area (Å²) >= 11 is 11.4. The van der Waals surface area contributed by atoms with Crippen molar-refractivity contribution in [3.63, 3.8) is 0 Å². The van der Waals surface area contributed by atoms with E-state index in [-0.39, 0.29) is 28.7 Å². The van der Waals surface area contributed by atoms with E-state index in [2.05, 4.69) is 0 Å². The summed E-state index contributed by atoms with van der Waals surface area (Å²) in [6.07, 6.45) is -0.154. The molecule has 7 heteroatoms. The van der Waals surface area contributed by atoms with Crippen LogP contribution in [0.25, 0.3) is 0 Å². The second-order valence-electron chi connectivity index (χ2n) is 3.96. The number of carbonyl (C=O) groups is 2. The van der Waals surface area contributed by atoms with Crippen molar-refractivity contribution in [1.29, 1.82) is 0 Å². The summed E-state index contributed by atoms with van der Waals surface area (Å²) < 4.78 is 13.8. The van der Waals surface area contributed by atoms with E-state index in [1.165, 1.54) is 12.1 Å². The summed E-state index contributed by atoms with van der Waals surface area (Å²) in [5, 5.41) is 8.83. The second-order valence-corrected chi connectivity index (χ2v) is 4.81. The number of benzene rings is 1. The number of anilines is 1. The van der Waals surface area contributed by atoms with Gasteiger partial charge in [0.15, 0.2) is 5.82 Å². The van der Waals surface area contributed by atoms with Crippen molar-refractivity contribution in [2.24, 2.45) is 5.92 Å². The number of hydrogen-bond donors (Lipinski definition) is 1. The van der Waals surface area contributed by atoms with Gasteiger partial charge in [0, 0.05) is 18.0 Å². The number of aliphatic carboxylic acids is 1. The van der Waals surface area contributed by atoms with Crippen LogP contribution in [0.3, 0.4) is 0 Å². The Bertz CT molecular complexity index is 535. The van der Waals surface area contributed by atoms with Crippen LogP contribution in [0.4, 0.5) is 10.1 Å². The quantitative estimate of drug-likeness (QED) is 0.852. The van der Waals surface area contributed by atoms with Crippen molar-refractivity contribution >= 4 is 40.8 Å². The Kier molecular flexibility index (Phi) is 3.45. The molecule has 1 fully saturated rings. The molecule has 0 radical (unpaired) electrons. The van der Waals surface area contributed by atoms with Gasteiger partial charge in [0.05, 0.1) is 16.6 Å². The SMILES string of the molecule is O=C(O)C1CC(=O)N(c2cc(Cl)cc(Cl)c2F)C1. The molecule has 0 saturated carbocycles. The maximum Gasteiger partial charge on any atom is 0.308 e. The molecule has 4 nitrogen and oxygen atoms in total. The lowest BCUT2D eigenvalue weighted by Crippen LogP contribution is -2.26. The Morgan fingerprint density at radius 1 is 1.44 bits per heavy atom. The molecule has 1 saturated heterocycles. The van der Waals surface area contributed by atoms with Crippen molar-refractivity contribution in [3.05, 3.63) is 28.0 Å². The molecule has 1 atom stereocenters. The molecule has 0 bridgehead atoms. The van der Waals surface area contributed by atoms with E-state index in [4.69, 9.17) is 28.3 Å². The highest BCUT2D eigenvalue weighted by molar-refractivity contribution is 6.35. The number of halogens is 3. The molecular weight excluding hydrogens is 284 g/mol. The average Bonchev–Trinajstić information content (AvgIpc) is 2.66. The van der Waals surface area contributed by atoms with E-state index in [1.807, 2.05) is 0 Å². The molecule has 0 aromatic heterocycles. The van der Waals surface area contributed by atoms with Crippen LogP contribution in [0, 0.1) is 11.7 Å². The Hall–Kier alpha value is -1.33. The zero-order valence-corrected chi connectivity index (χ0v) is 10.5. The molecule has 2 rings (SSSR count). The van der Waals surface area contributed by atoms with Crippen LogP contribution in [0.15, 0.2) is 12.1 Å². The highest BCUT2D eigenvalue weighted by Crippen LogP contribution is 2.33. The zero-order valence-electron chi connectivity index (χ0n) is 8.99. The minimum Gasteiger partial charge on any atom is -0.481 e. The minimum absolute atomic E-state index is 0.0816. The van der Waals surface area contributed by atoms with Gasteiger partial charge >= 0.3 is 5.97 Å². The van der Waals surface area contributed by atoms with Crippen LogP contribution in [-0.4, -0.2) is 23.5 Å². The summed E-state index contributed by atoms with van der Waals surface area (Å²) in [6, 6.07) is 2.47. The number of amides is 1. The van der Waals surface area contributed by atoms with Gasteiger partial charge in [-0.2, -0.15) is 0 Å². The topological polar surface area (TPSA) is 57.6 Å². The monoisotopic (exact) mass is 291 g/mol. The summed E-state index contributed by atoms with van der Waals surface area (Å²) in [5.74, 6) is -3.16. The molecule has 0 aliphatic carbocycles. The number of carboxylic acid groups (broad SMARTS) is 1. The summed E-state index contributed by atoms with van der Waals surface area (Å²) in [7, 11) is 0. The van der Waals surface area contributed by atoms with E-state index in [9.17, 15) is 14.0 Å². The molecule has 1 unspecified atom stereocenters. The minimum atomic E-state index is -1.08. The summed E-state index contributed by atoms with van der Waals surface area (Å²) in [4.78, 5) is 23.6. The van der Waals surface area contributed by atoms with Gasteiger partial charge < -0.3 is 10.0 Å². The maximum absolute atomic E-state index is 13.8. The van der Waals surface area contributed by atoms with Crippen LogP contribution in [0.1, 0.15) is 6.42 Å². The molecule has 1 amide bonds. The van der Waals surface area contributed by atoms with Crippen molar-refractivity contribution in [3.8, 4) is 0 Å². The van der Waals surface area contributed by atoms with Crippen molar-refractivity contribution < 1.29 is 19.1 Å². The smallest absolute Gasteiger partial charge is 0.308 e. The Morgan fingerprint density at radius 2 is 2.11 bits per heavy atom. The lowest BCUT2D eigenvalue weighted by molar-refractivity contribution is -0.141. The van der Waals surface area contributed by atoms with E-state index < -0.39 is 23.6 Å². The lowest BCUT2D eigenvalue weighted by atomic mass is 10.1. The number of rotatable bonds is 2. The third-order valence-corrected chi connectivity index (χ3v) is 3.23. The predicted molar refractivity (Wildman–Crippen MR) is 64.5 cm³/mol. The van der Waals surface area contributed by atoms with Crippen LogP contribution in [0.5, 0.6) is 0 Å². The molecule has 1 N–H and O–H groups in total. The molecule has 96 valence electrons. The third-order valence-electron chi connectivity index (χ3n) is 2.74. The first-order valence-corrected chi connectivity index (χ1v) is 5.83. The first kappa shape index (κ1) is 13.1. The van der Waals surface area contributed by atoms with E-state index in [0.717, 1.165) is 4.90 Å². The van der Waals surface area contributed by atoms with Crippen LogP contribution in [-0.2, 0) is 9.59 Å². The lowest BCUT2D eigenvalue weighted by Gasteiger charge is -2.17. The van der Waals surface area contributed by atoms with Gasteiger partial charge in [0.1, 0.15) is 0 Å². The van der Waals surface area contributed by atoms with Gasteiger partial charge in [-0.05, 0) is 12.1 Å². The first-order valence-electron chi connectivity index (χ1n) is 5.08. The molecule has 18 heavy (non-hydrogen) atoms. The van der Waals surface area contributed by atoms with Gasteiger partial charge in [0.2, 0.25) is 5.91 Å². The fraction of sp³-hybridized carbons (Fsp3) is 0.273.